The van der Waals surface area contributed by atoms with Crippen molar-refractivity contribution in [1.29, 1.82) is 0 Å². The second kappa shape index (κ2) is 8.81. The summed E-state index contributed by atoms with van der Waals surface area (Å²) >= 11 is 0. The van der Waals surface area contributed by atoms with E-state index in [0.717, 1.165) is 28.0 Å². The molecule has 34 heavy (non-hydrogen) atoms. The van der Waals surface area contributed by atoms with Gasteiger partial charge in [0.15, 0.2) is 0 Å². The molecular weight excluding hydrogens is 475 g/mol. The van der Waals surface area contributed by atoms with Gasteiger partial charge in [0.2, 0.25) is 0 Å². The molecule has 3 nitrogen and oxygen atoms in total. The van der Waals surface area contributed by atoms with Crippen LogP contribution in [0, 0.1) is 23.8 Å². The maximum atomic E-state index is 14.0. The first-order chi connectivity index (χ1) is 16.2. The van der Waals surface area contributed by atoms with E-state index in [9.17, 15) is 8.78 Å². The second-order valence-corrected chi connectivity index (χ2v) is 7.65. The Morgan fingerprint density at radius 3 is 2.32 bits per heavy atom. The summed E-state index contributed by atoms with van der Waals surface area (Å²) in [6.07, 6.45) is 1.75. The van der Waals surface area contributed by atoms with Crippen LogP contribution in [-0.4, -0.2) is 14.5 Å². The van der Waals surface area contributed by atoms with Crippen molar-refractivity contribution < 1.29 is 25.3 Å². The number of pyridine rings is 2. The van der Waals surface area contributed by atoms with Crippen molar-refractivity contribution in [3.63, 3.8) is 0 Å². The zero-order valence-electron chi connectivity index (χ0n) is 17.6. The van der Waals surface area contributed by atoms with Crippen LogP contribution in [0.1, 0.15) is 0 Å². The fourth-order valence-corrected chi connectivity index (χ4v) is 4.12. The van der Waals surface area contributed by atoms with E-state index in [4.69, 9.17) is 4.98 Å². The van der Waals surface area contributed by atoms with Crippen molar-refractivity contribution in [2.24, 2.45) is 0 Å². The zero-order valence-corrected chi connectivity index (χ0v) is 18.6. The number of nitrogens with zero attached hydrogens (tertiary/aromatic N) is 3. The van der Waals surface area contributed by atoms with Crippen molar-refractivity contribution in [2.75, 3.05) is 0 Å². The Balaban J connectivity index is 0.00000241. The summed E-state index contributed by atoms with van der Waals surface area (Å²) in [4.78, 5) is 9.27. The number of fused-ring (bicyclic) bond motifs is 3. The van der Waals surface area contributed by atoms with E-state index in [-0.39, 0.29) is 22.3 Å². The molecule has 0 saturated carbocycles. The normalized spacial score (nSPS) is 11.0. The molecule has 6 heteroatoms. The van der Waals surface area contributed by atoms with Gasteiger partial charge >= 0.3 is 16.5 Å². The molecular formula is C28H15F2N3Ni. The van der Waals surface area contributed by atoms with E-state index in [1.165, 1.54) is 24.3 Å². The molecule has 0 aliphatic carbocycles. The standard InChI is InChI=1S/C28H15F2N3.Ni/c29-20-10-12-26-22(16-20)23-17-21(30)11-13-27(23)33(26)28-9-4-8-25(32-28)19-6-3-5-18(15-19)24-7-1-2-14-31-24;/h1-12,14,16-17H;/q-2;+2. The minimum Gasteiger partial charge on any atom is -0.320 e. The Morgan fingerprint density at radius 1 is 0.735 bits per heavy atom. The predicted octanol–water partition coefficient (Wildman–Crippen LogP) is 6.78. The summed E-state index contributed by atoms with van der Waals surface area (Å²) in [6, 6.07) is 30.8. The number of benzene rings is 3. The number of halogens is 2. The van der Waals surface area contributed by atoms with Crippen molar-refractivity contribution in [3.8, 4) is 28.3 Å². The number of aromatic nitrogens is 3. The molecule has 0 aliphatic rings. The number of hydrogen-bond donors (Lipinski definition) is 0. The van der Waals surface area contributed by atoms with Crippen LogP contribution in [0.4, 0.5) is 8.78 Å². The van der Waals surface area contributed by atoms with Gasteiger partial charge in [-0.2, -0.15) is 6.07 Å². The van der Waals surface area contributed by atoms with Gasteiger partial charge in [-0.15, -0.1) is 36.4 Å². The van der Waals surface area contributed by atoms with Gasteiger partial charge in [-0.25, -0.2) is 4.39 Å². The Hall–Kier alpha value is -3.89. The minimum absolute atomic E-state index is 0. The molecule has 0 amide bonds. The van der Waals surface area contributed by atoms with Crippen molar-refractivity contribution in [1.82, 2.24) is 14.5 Å². The average Bonchev–Trinajstić information content (AvgIpc) is 3.17. The molecule has 0 atom stereocenters. The number of rotatable bonds is 3. The van der Waals surface area contributed by atoms with E-state index < -0.39 is 5.82 Å². The van der Waals surface area contributed by atoms with E-state index in [1.807, 2.05) is 59.2 Å². The van der Waals surface area contributed by atoms with Crippen LogP contribution >= 0.6 is 0 Å². The van der Waals surface area contributed by atoms with Gasteiger partial charge in [-0.05, 0) is 35.7 Å². The van der Waals surface area contributed by atoms with Crippen molar-refractivity contribution in [3.05, 3.63) is 115 Å². The summed E-state index contributed by atoms with van der Waals surface area (Å²) in [6.45, 7) is 0. The maximum absolute atomic E-state index is 14.0. The van der Waals surface area contributed by atoms with Crippen LogP contribution < -0.4 is 0 Å². The van der Waals surface area contributed by atoms with Gasteiger partial charge in [0, 0.05) is 28.9 Å². The largest absolute Gasteiger partial charge is 2.00 e. The van der Waals surface area contributed by atoms with Crippen LogP contribution in [0.3, 0.4) is 0 Å². The van der Waals surface area contributed by atoms with E-state index in [0.29, 0.717) is 22.1 Å². The van der Waals surface area contributed by atoms with Crippen LogP contribution in [-0.2, 0) is 16.5 Å². The van der Waals surface area contributed by atoms with Gasteiger partial charge in [0.25, 0.3) is 0 Å². The zero-order chi connectivity index (χ0) is 22.4. The first kappa shape index (κ1) is 21.9. The smallest absolute Gasteiger partial charge is 0.320 e. The van der Waals surface area contributed by atoms with Gasteiger partial charge < -0.3 is 4.57 Å². The minimum atomic E-state index is -0.423. The monoisotopic (exact) mass is 489 g/mol. The molecule has 6 rings (SSSR count). The summed E-state index contributed by atoms with van der Waals surface area (Å²) in [7, 11) is 0. The molecule has 0 saturated heterocycles. The third kappa shape index (κ3) is 3.76. The molecule has 166 valence electrons. The van der Waals surface area contributed by atoms with Gasteiger partial charge in [-0.1, -0.05) is 46.3 Å². The topological polar surface area (TPSA) is 30.7 Å². The third-order valence-electron chi connectivity index (χ3n) is 5.57. The molecule has 3 aromatic carbocycles. The molecule has 0 radical (unpaired) electrons. The molecule has 0 unspecified atom stereocenters. The summed E-state index contributed by atoms with van der Waals surface area (Å²) < 4.78 is 29.9. The van der Waals surface area contributed by atoms with Crippen LogP contribution in [0.5, 0.6) is 0 Å². The van der Waals surface area contributed by atoms with Crippen molar-refractivity contribution >= 4 is 21.8 Å². The quantitative estimate of drug-likeness (QED) is 0.202. The third-order valence-corrected chi connectivity index (χ3v) is 5.57. The molecule has 0 bridgehead atoms. The summed E-state index contributed by atoms with van der Waals surface area (Å²) in [5.74, 6) is -0.180. The predicted molar refractivity (Wildman–Crippen MR) is 125 cm³/mol. The van der Waals surface area contributed by atoms with Crippen LogP contribution in [0.2, 0.25) is 0 Å². The second-order valence-electron chi connectivity index (χ2n) is 7.65. The summed E-state index contributed by atoms with van der Waals surface area (Å²) in [5, 5.41) is 1.19. The first-order valence-corrected chi connectivity index (χ1v) is 10.4. The Bertz CT molecular complexity index is 1590. The molecule has 0 fully saturated rings. The van der Waals surface area contributed by atoms with E-state index in [1.54, 1.807) is 12.3 Å². The fraction of sp³-hybridized carbons (Fsp3) is 0. The van der Waals surface area contributed by atoms with Gasteiger partial charge in [0.05, 0.1) is 0 Å². The van der Waals surface area contributed by atoms with E-state index >= 15 is 0 Å². The molecule has 0 N–H and O–H groups in total. The van der Waals surface area contributed by atoms with Crippen LogP contribution in [0.15, 0.2) is 91.1 Å². The Morgan fingerprint density at radius 2 is 1.50 bits per heavy atom. The summed E-state index contributed by atoms with van der Waals surface area (Å²) in [5.41, 5.74) is 4.61. The van der Waals surface area contributed by atoms with Crippen molar-refractivity contribution in [2.45, 2.75) is 0 Å². The molecule has 3 aromatic heterocycles. The average molecular weight is 490 g/mol. The van der Waals surface area contributed by atoms with Crippen LogP contribution in [0.25, 0.3) is 50.1 Å². The fourth-order valence-electron chi connectivity index (χ4n) is 4.12. The number of hydrogen-bond acceptors (Lipinski definition) is 2. The molecule has 0 spiro atoms. The maximum Gasteiger partial charge on any atom is 2.00 e. The molecule has 0 aliphatic heterocycles. The molecule has 6 aromatic rings. The molecule has 3 heterocycles. The SMILES string of the molecule is Fc1c[c-]c2c(c1)c1cc(F)ccc1n2-c1cccc(-c2[c-]c(-c3ccccn3)ccc2)n1.[Ni+2]. The Kier molecular flexibility index (Phi) is 5.68. The van der Waals surface area contributed by atoms with E-state index in [2.05, 4.69) is 17.1 Å². The van der Waals surface area contributed by atoms with Gasteiger partial charge in [0.1, 0.15) is 11.6 Å². The first-order valence-electron chi connectivity index (χ1n) is 10.4. The van der Waals surface area contributed by atoms with Gasteiger partial charge in [-0.3, -0.25) is 14.4 Å². The Labute approximate surface area is 204 Å².